The van der Waals surface area contributed by atoms with Crippen molar-refractivity contribution < 1.29 is 18.4 Å². The summed E-state index contributed by atoms with van der Waals surface area (Å²) in [5, 5.41) is 14.0. The summed E-state index contributed by atoms with van der Waals surface area (Å²) in [4.78, 5) is 5.99. The van der Waals surface area contributed by atoms with Gasteiger partial charge in [-0.1, -0.05) is 29.1 Å². The molecule has 0 bridgehead atoms. The fraction of sp³-hybridized carbons (Fsp3) is 0.310. The predicted molar refractivity (Wildman–Crippen MR) is 136 cm³/mol. The number of aliphatic hydroxyl groups is 1. The van der Waals surface area contributed by atoms with Gasteiger partial charge in [0.15, 0.2) is 5.76 Å². The van der Waals surface area contributed by atoms with Gasteiger partial charge in [0.25, 0.3) is 5.92 Å². The molecule has 4 aromatic rings. The lowest BCUT2D eigenvalue weighted by Crippen LogP contribution is -2.41. The van der Waals surface area contributed by atoms with Gasteiger partial charge < -0.3 is 14.2 Å². The summed E-state index contributed by atoms with van der Waals surface area (Å²) in [5.41, 5.74) is 4.36. The van der Waals surface area contributed by atoms with Crippen LogP contribution in [0.25, 0.3) is 11.3 Å². The Bertz CT molecular complexity index is 1400. The van der Waals surface area contributed by atoms with Crippen LogP contribution in [-0.2, 0) is 13.1 Å². The molecule has 0 saturated carbocycles. The van der Waals surface area contributed by atoms with Crippen LogP contribution in [0.1, 0.15) is 54.1 Å². The fourth-order valence-electron chi connectivity index (χ4n) is 4.51. The number of aliphatic hydroxyl groups excluding tert-OH is 1. The van der Waals surface area contributed by atoms with Gasteiger partial charge in [-0.3, -0.25) is 4.90 Å². The van der Waals surface area contributed by atoms with Crippen molar-refractivity contribution in [1.82, 2.24) is 19.6 Å². The van der Waals surface area contributed by atoms with E-state index in [9.17, 15) is 13.9 Å². The molecule has 2 aromatic carbocycles. The third kappa shape index (κ3) is 6.31. The summed E-state index contributed by atoms with van der Waals surface area (Å²) in [5.74, 6) is 4.96. The van der Waals surface area contributed by atoms with Crippen LogP contribution < -0.4 is 0 Å². The lowest BCUT2D eigenvalue weighted by molar-refractivity contribution is -0.0661. The number of rotatable bonds is 6. The van der Waals surface area contributed by atoms with Gasteiger partial charge in [0.1, 0.15) is 17.6 Å². The van der Waals surface area contributed by atoms with Crippen molar-refractivity contribution in [3.63, 3.8) is 0 Å². The number of imidazole rings is 1. The third-order valence-electron chi connectivity index (χ3n) is 6.37. The lowest BCUT2D eigenvalue weighted by Gasteiger charge is -2.32. The normalized spacial score (nSPS) is 16.2. The van der Waals surface area contributed by atoms with Gasteiger partial charge in [0, 0.05) is 48.1 Å². The van der Waals surface area contributed by atoms with Gasteiger partial charge in [0.2, 0.25) is 0 Å². The van der Waals surface area contributed by atoms with E-state index in [2.05, 4.69) is 22.0 Å². The Morgan fingerprint density at radius 2 is 1.76 bits per heavy atom. The highest BCUT2D eigenvalue weighted by Crippen LogP contribution is 2.27. The molecule has 190 valence electrons. The molecule has 1 fully saturated rings. The summed E-state index contributed by atoms with van der Waals surface area (Å²) >= 11 is 0. The van der Waals surface area contributed by atoms with Crippen LogP contribution in [0.2, 0.25) is 0 Å². The van der Waals surface area contributed by atoms with Crippen molar-refractivity contribution in [2.24, 2.45) is 0 Å². The van der Waals surface area contributed by atoms with Gasteiger partial charge in [0.05, 0.1) is 13.1 Å². The molecule has 2 aromatic heterocycles. The average molecular weight is 503 g/mol. The first-order chi connectivity index (χ1) is 17.8. The van der Waals surface area contributed by atoms with E-state index in [1.807, 2.05) is 64.1 Å². The number of alkyl halides is 2. The minimum atomic E-state index is -2.58. The molecular formula is C29H28F2N4O2. The van der Waals surface area contributed by atoms with Gasteiger partial charge >= 0.3 is 0 Å². The molecule has 0 aliphatic carbocycles. The molecule has 0 radical (unpaired) electrons. The Kier molecular flexibility index (Phi) is 7.17. The maximum Gasteiger partial charge on any atom is 0.260 e. The molecule has 6 nitrogen and oxygen atoms in total. The second-order valence-corrected chi connectivity index (χ2v) is 9.47. The van der Waals surface area contributed by atoms with Crippen molar-refractivity contribution in [2.75, 3.05) is 13.1 Å². The molecule has 0 amide bonds. The minimum absolute atomic E-state index is 0.0175. The zero-order chi connectivity index (χ0) is 25.8. The number of hydrogen-bond donors (Lipinski definition) is 1. The van der Waals surface area contributed by atoms with Crippen molar-refractivity contribution in [1.29, 1.82) is 0 Å². The summed E-state index contributed by atoms with van der Waals surface area (Å²) in [6.07, 6.45) is 3.30. The maximum absolute atomic E-state index is 13.6. The highest BCUT2D eigenvalue weighted by atomic mass is 19.3. The van der Waals surface area contributed by atoms with E-state index in [4.69, 9.17) is 4.52 Å². The molecule has 0 spiro atoms. The lowest BCUT2D eigenvalue weighted by atomic mass is 10.1. The zero-order valence-electron chi connectivity index (χ0n) is 20.6. The number of halogens is 2. The molecule has 0 unspecified atom stereocenters. The Labute approximate surface area is 214 Å². The van der Waals surface area contributed by atoms with Crippen LogP contribution in [0.4, 0.5) is 8.78 Å². The third-order valence-corrected chi connectivity index (χ3v) is 6.37. The van der Waals surface area contributed by atoms with Gasteiger partial charge in [-0.25, -0.2) is 13.8 Å². The number of piperidine rings is 1. The monoisotopic (exact) mass is 502 g/mol. The van der Waals surface area contributed by atoms with Crippen LogP contribution in [0.5, 0.6) is 0 Å². The number of aromatic nitrogens is 3. The molecule has 37 heavy (non-hydrogen) atoms. The Morgan fingerprint density at radius 3 is 2.43 bits per heavy atom. The van der Waals surface area contributed by atoms with Crippen molar-refractivity contribution in [2.45, 2.75) is 44.9 Å². The number of benzene rings is 2. The smallest absolute Gasteiger partial charge is 0.260 e. The number of hydrogen-bond acceptors (Lipinski definition) is 5. The van der Waals surface area contributed by atoms with Gasteiger partial charge in [-0.05, 0) is 61.9 Å². The minimum Gasteiger partial charge on any atom is -0.385 e. The largest absolute Gasteiger partial charge is 0.385 e. The zero-order valence-corrected chi connectivity index (χ0v) is 20.6. The topological polar surface area (TPSA) is 67.3 Å². The van der Waals surface area contributed by atoms with E-state index < -0.39 is 12.0 Å². The molecule has 1 aliphatic rings. The summed E-state index contributed by atoms with van der Waals surface area (Å²) in [6.45, 7) is 3.19. The molecule has 1 atom stereocenters. The SMILES string of the molecule is C[C@H](O)c1nccn1Cc1cc(-c2ccc(C#Cc3ccc(CN4CCCC(F)(F)C4)cc3)cc2)on1. The first kappa shape index (κ1) is 24.9. The first-order valence-electron chi connectivity index (χ1n) is 12.3. The predicted octanol–water partition coefficient (Wildman–Crippen LogP) is 5.27. The molecule has 1 saturated heterocycles. The molecular weight excluding hydrogens is 474 g/mol. The van der Waals surface area contributed by atoms with Crippen molar-refractivity contribution >= 4 is 0 Å². The molecule has 5 rings (SSSR count). The van der Waals surface area contributed by atoms with E-state index in [0.29, 0.717) is 37.6 Å². The Morgan fingerprint density at radius 1 is 1.05 bits per heavy atom. The maximum atomic E-state index is 13.6. The van der Waals surface area contributed by atoms with Crippen LogP contribution in [0.3, 0.4) is 0 Å². The van der Waals surface area contributed by atoms with Crippen molar-refractivity contribution in [3.05, 3.63) is 95.2 Å². The van der Waals surface area contributed by atoms with Crippen LogP contribution in [-0.4, -0.2) is 43.7 Å². The Hall–Kier alpha value is -3.80. The van der Waals surface area contributed by atoms with E-state index in [1.54, 1.807) is 19.3 Å². The molecule has 3 heterocycles. The molecule has 1 aliphatic heterocycles. The highest BCUT2D eigenvalue weighted by Gasteiger charge is 2.34. The van der Waals surface area contributed by atoms with Crippen LogP contribution in [0.15, 0.2) is 71.5 Å². The fourth-order valence-corrected chi connectivity index (χ4v) is 4.51. The van der Waals surface area contributed by atoms with Crippen molar-refractivity contribution in [3.8, 4) is 23.2 Å². The Balaban J connectivity index is 1.19. The second kappa shape index (κ2) is 10.7. The quantitative estimate of drug-likeness (QED) is 0.364. The first-order valence-corrected chi connectivity index (χ1v) is 12.3. The second-order valence-electron chi connectivity index (χ2n) is 9.47. The van der Waals surface area contributed by atoms with Gasteiger partial charge in [-0.15, -0.1) is 0 Å². The number of nitrogens with zero attached hydrogens (tertiary/aromatic N) is 4. The van der Waals surface area contributed by atoms with Crippen LogP contribution >= 0.6 is 0 Å². The number of likely N-dealkylation sites (tertiary alicyclic amines) is 1. The van der Waals surface area contributed by atoms with E-state index in [-0.39, 0.29) is 13.0 Å². The summed E-state index contributed by atoms with van der Waals surface area (Å²) in [7, 11) is 0. The summed E-state index contributed by atoms with van der Waals surface area (Å²) in [6, 6.07) is 17.4. The van der Waals surface area contributed by atoms with E-state index in [0.717, 1.165) is 27.9 Å². The van der Waals surface area contributed by atoms with E-state index in [1.165, 1.54) is 0 Å². The van der Waals surface area contributed by atoms with Gasteiger partial charge in [-0.2, -0.15) is 0 Å². The summed E-state index contributed by atoms with van der Waals surface area (Å²) < 4.78 is 34.6. The molecule has 8 heteroatoms. The van der Waals surface area contributed by atoms with E-state index >= 15 is 0 Å². The average Bonchev–Trinajstić information content (AvgIpc) is 3.54. The molecule has 1 N–H and O–H groups in total. The van der Waals surface area contributed by atoms with Crippen LogP contribution in [0, 0.1) is 11.8 Å². The standard InChI is InChI=1S/C29H28F2N4O2/c1-21(36)28-32-14-16-35(28)19-26-17-27(37-33-26)25-11-9-23(10-12-25)4-3-22-5-7-24(8-6-22)18-34-15-2-13-29(30,31)20-34/h5-12,14,16-17,21,36H,2,13,15,18-20H2,1H3/t21-/m0/s1. The highest BCUT2D eigenvalue weighted by molar-refractivity contribution is 5.59.